The second-order valence-corrected chi connectivity index (χ2v) is 9.24. The summed E-state index contributed by atoms with van der Waals surface area (Å²) < 4.78 is 0. The first-order valence-electron chi connectivity index (χ1n) is 9.52. The number of nitrogens with zero attached hydrogens (tertiary/aromatic N) is 3. The predicted octanol–water partition coefficient (Wildman–Crippen LogP) is 3.91. The maximum atomic E-state index is 4.70. The van der Waals surface area contributed by atoms with Gasteiger partial charge in [0.1, 0.15) is 0 Å². The van der Waals surface area contributed by atoms with Gasteiger partial charge in [0.25, 0.3) is 0 Å². The minimum absolute atomic E-state index is 0.584. The van der Waals surface area contributed by atoms with Gasteiger partial charge in [-0.1, -0.05) is 5.22 Å². The molecule has 7 rings (SSSR count). The Morgan fingerprint density at radius 2 is 1.48 bits per heavy atom. The second-order valence-electron chi connectivity index (χ2n) is 9.24. The normalized spacial score (nSPS) is 59.2. The molecule has 0 aromatic heterocycles. The molecule has 0 N–H and O–H groups in total. The van der Waals surface area contributed by atoms with Gasteiger partial charge < -0.3 is 0 Å². The van der Waals surface area contributed by atoms with Gasteiger partial charge >= 0.3 is 0 Å². The van der Waals surface area contributed by atoms with Crippen LogP contribution in [0.5, 0.6) is 0 Å². The molecule has 1 heterocycles. The van der Waals surface area contributed by atoms with Gasteiger partial charge in [0.05, 0.1) is 12.1 Å². The number of rotatable bonds is 2. The molecule has 6 saturated carbocycles. The highest BCUT2D eigenvalue weighted by Crippen LogP contribution is 2.57. The van der Waals surface area contributed by atoms with Gasteiger partial charge in [-0.2, -0.15) is 5.11 Å². The molecular weight excluding hydrogens is 258 g/mol. The molecule has 4 atom stereocenters. The summed E-state index contributed by atoms with van der Waals surface area (Å²) >= 11 is 0. The highest BCUT2D eigenvalue weighted by Gasteiger charge is 2.55. The number of fused-ring (bicyclic) bond motifs is 5. The van der Waals surface area contributed by atoms with Crippen molar-refractivity contribution in [2.24, 2.45) is 51.8 Å². The average molecular weight is 285 g/mol. The van der Waals surface area contributed by atoms with Crippen LogP contribution in [0, 0.1) is 41.4 Å². The zero-order chi connectivity index (χ0) is 13.6. The molecule has 6 fully saturated rings. The predicted molar refractivity (Wildman–Crippen MR) is 80.5 cm³/mol. The van der Waals surface area contributed by atoms with Crippen LogP contribution in [-0.2, 0) is 0 Å². The molecule has 0 aromatic rings. The van der Waals surface area contributed by atoms with E-state index in [0.29, 0.717) is 12.1 Å². The molecule has 1 aliphatic heterocycles. The molecule has 0 unspecified atom stereocenters. The molecule has 0 spiro atoms. The Bertz CT molecular complexity index is 459. The average Bonchev–Trinajstić information content (AvgIpc) is 3.16. The van der Waals surface area contributed by atoms with E-state index in [-0.39, 0.29) is 0 Å². The first-order chi connectivity index (χ1) is 10.3. The van der Waals surface area contributed by atoms with E-state index in [4.69, 9.17) is 5.11 Å². The zero-order valence-corrected chi connectivity index (χ0v) is 12.9. The van der Waals surface area contributed by atoms with Gasteiger partial charge in [0.15, 0.2) is 0 Å². The van der Waals surface area contributed by atoms with Crippen molar-refractivity contribution in [3.63, 3.8) is 0 Å². The number of hydrogen-bond donors (Lipinski definition) is 0. The Balaban J connectivity index is 1.23. The Labute approximate surface area is 127 Å². The van der Waals surface area contributed by atoms with Gasteiger partial charge in [0.2, 0.25) is 0 Å². The summed E-state index contributed by atoms with van der Waals surface area (Å²) in [5.41, 5.74) is 0. The second kappa shape index (κ2) is 4.02. The molecular formula is C18H27N3. The molecule has 6 bridgehead atoms. The van der Waals surface area contributed by atoms with Crippen LogP contribution in [0.15, 0.2) is 10.3 Å². The van der Waals surface area contributed by atoms with E-state index in [2.05, 4.69) is 10.2 Å². The molecule has 3 nitrogen and oxygen atoms in total. The van der Waals surface area contributed by atoms with Crippen molar-refractivity contribution in [3.05, 3.63) is 0 Å². The summed E-state index contributed by atoms with van der Waals surface area (Å²) in [5, 5.41) is 11.9. The van der Waals surface area contributed by atoms with E-state index in [9.17, 15) is 0 Å². The summed E-state index contributed by atoms with van der Waals surface area (Å²) in [6.07, 6.45) is 12.1. The lowest BCUT2D eigenvalue weighted by atomic mass is 9.52. The first kappa shape index (κ1) is 11.9. The molecule has 114 valence electrons. The van der Waals surface area contributed by atoms with E-state index in [1.165, 1.54) is 25.8 Å². The van der Waals surface area contributed by atoms with Crippen molar-refractivity contribution in [1.29, 1.82) is 0 Å². The Morgan fingerprint density at radius 3 is 2.24 bits per heavy atom. The van der Waals surface area contributed by atoms with Crippen LogP contribution < -0.4 is 0 Å². The van der Waals surface area contributed by atoms with Crippen LogP contribution in [0.1, 0.15) is 51.4 Å². The fourth-order valence-electron chi connectivity index (χ4n) is 7.71. The van der Waals surface area contributed by atoms with Crippen LogP contribution in [0.3, 0.4) is 0 Å². The standard InChI is InChI=1S/C18H27N3/c1-2-13-8-12(1)17-18(13)21(20-19-17)9-16-14-4-10-3-11(6-14)7-15(16)5-10/h10-18H,1-9H2/t10?,11?,12-,13+,14?,15?,16?,17+,18-/m0/s1. The number of hydrogen-bond acceptors (Lipinski definition) is 3. The van der Waals surface area contributed by atoms with Crippen molar-refractivity contribution in [2.75, 3.05) is 6.54 Å². The molecule has 0 amide bonds. The van der Waals surface area contributed by atoms with Gasteiger partial charge in [-0.05, 0) is 92.8 Å². The summed E-state index contributed by atoms with van der Waals surface area (Å²) in [6, 6.07) is 1.29. The SMILES string of the molecule is C1C2CC3CC1CC(C2)C3CN1N=N[C@@H]2[C@H]3CC[C@H](C3)[C@@H]21. The van der Waals surface area contributed by atoms with E-state index in [1.54, 1.807) is 32.1 Å². The van der Waals surface area contributed by atoms with Gasteiger partial charge in [-0.15, -0.1) is 0 Å². The van der Waals surface area contributed by atoms with Crippen molar-refractivity contribution in [2.45, 2.75) is 63.5 Å². The molecule has 7 aliphatic rings. The minimum Gasteiger partial charge on any atom is -0.273 e. The third-order valence-corrected chi connectivity index (χ3v) is 8.29. The molecule has 0 saturated heterocycles. The van der Waals surface area contributed by atoms with E-state index in [1.807, 2.05) is 0 Å². The maximum Gasteiger partial charge on any atom is 0.0980 e. The van der Waals surface area contributed by atoms with Crippen molar-refractivity contribution in [3.8, 4) is 0 Å². The fraction of sp³-hybridized carbons (Fsp3) is 1.00. The Morgan fingerprint density at radius 1 is 0.762 bits per heavy atom. The van der Waals surface area contributed by atoms with Crippen molar-refractivity contribution >= 4 is 0 Å². The summed E-state index contributed by atoms with van der Waals surface area (Å²) in [6.45, 7) is 1.25. The highest BCUT2D eigenvalue weighted by molar-refractivity contribution is 5.07. The van der Waals surface area contributed by atoms with E-state index < -0.39 is 0 Å². The molecule has 21 heavy (non-hydrogen) atoms. The fourth-order valence-corrected chi connectivity index (χ4v) is 7.71. The lowest BCUT2D eigenvalue weighted by Crippen LogP contribution is -2.50. The summed E-state index contributed by atoms with van der Waals surface area (Å²) in [7, 11) is 0. The van der Waals surface area contributed by atoms with Crippen LogP contribution >= 0.6 is 0 Å². The minimum atomic E-state index is 0.584. The third kappa shape index (κ3) is 1.56. The van der Waals surface area contributed by atoms with E-state index in [0.717, 1.165) is 41.4 Å². The van der Waals surface area contributed by atoms with Crippen LogP contribution in [0.4, 0.5) is 0 Å². The topological polar surface area (TPSA) is 28.0 Å². The summed E-state index contributed by atoms with van der Waals surface area (Å²) in [4.78, 5) is 0. The van der Waals surface area contributed by atoms with E-state index >= 15 is 0 Å². The maximum absolute atomic E-state index is 4.70. The van der Waals surface area contributed by atoms with Gasteiger partial charge in [-0.3, -0.25) is 5.01 Å². The summed E-state index contributed by atoms with van der Waals surface area (Å²) in [5.74, 6) is 7.02. The monoisotopic (exact) mass is 285 g/mol. The van der Waals surface area contributed by atoms with Gasteiger partial charge in [-0.25, -0.2) is 0 Å². The highest BCUT2D eigenvalue weighted by atomic mass is 15.6. The zero-order valence-electron chi connectivity index (χ0n) is 12.9. The van der Waals surface area contributed by atoms with Crippen molar-refractivity contribution < 1.29 is 0 Å². The largest absolute Gasteiger partial charge is 0.273 e. The molecule has 3 heteroatoms. The first-order valence-corrected chi connectivity index (χ1v) is 9.52. The third-order valence-electron chi connectivity index (χ3n) is 8.29. The van der Waals surface area contributed by atoms with Crippen LogP contribution in [0.25, 0.3) is 0 Å². The van der Waals surface area contributed by atoms with Crippen LogP contribution in [-0.4, -0.2) is 23.6 Å². The van der Waals surface area contributed by atoms with Crippen molar-refractivity contribution in [1.82, 2.24) is 5.01 Å². The Kier molecular flexibility index (Phi) is 2.28. The smallest absolute Gasteiger partial charge is 0.0980 e. The lowest BCUT2D eigenvalue weighted by Gasteiger charge is -2.55. The Hall–Kier alpha value is -0.600. The van der Waals surface area contributed by atoms with Crippen LogP contribution in [0.2, 0.25) is 0 Å². The molecule has 0 aromatic carbocycles. The van der Waals surface area contributed by atoms with Gasteiger partial charge in [0, 0.05) is 6.54 Å². The molecule has 6 aliphatic carbocycles. The lowest BCUT2D eigenvalue weighted by molar-refractivity contribution is -0.0541. The quantitative estimate of drug-likeness (QED) is 0.756. The molecule has 0 radical (unpaired) electrons.